The van der Waals surface area contributed by atoms with Crippen molar-refractivity contribution >= 4 is 11.7 Å². The lowest BCUT2D eigenvalue weighted by Crippen LogP contribution is -2.43. The Morgan fingerprint density at radius 1 is 1.14 bits per heavy atom. The Morgan fingerprint density at radius 3 is 2.69 bits per heavy atom. The zero-order chi connectivity index (χ0) is 20.4. The highest BCUT2D eigenvalue weighted by Gasteiger charge is 2.49. The first-order chi connectivity index (χ1) is 13.9. The fourth-order valence-corrected chi connectivity index (χ4v) is 3.91. The molecule has 6 heteroatoms. The third-order valence-corrected chi connectivity index (χ3v) is 5.14. The first-order valence-corrected chi connectivity index (χ1v) is 10.0. The largest absolute Gasteiger partial charge is 0.489 e. The van der Waals surface area contributed by atoms with Gasteiger partial charge < -0.3 is 24.3 Å². The summed E-state index contributed by atoms with van der Waals surface area (Å²) < 4.78 is 23.5. The van der Waals surface area contributed by atoms with Crippen molar-refractivity contribution in [1.29, 1.82) is 0 Å². The molecule has 1 N–H and O–H groups in total. The van der Waals surface area contributed by atoms with Crippen molar-refractivity contribution in [2.24, 2.45) is 0 Å². The maximum Gasteiger partial charge on any atom is 0.307 e. The Labute approximate surface area is 171 Å². The van der Waals surface area contributed by atoms with E-state index in [-0.39, 0.29) is 30.6 Å². The Kier molecular flexibility index (Phi) is 5.48. The lowest BCUT2D eigenvalue weighted by molar-refractivity contribution is -0.151. The predicted octanol–water partition coefficient (Wildman–Crippen LogP) is 4.21. The second kappa shape index (κ2) is 8.05. The summed E-state index contributed by atoms with van der Waals surface area (Å²) in [7, 11) is 0. The van der Waals surface area contributed by atoms with E-state index in [1.54, 1.807) is 6.92 Å². The predicted molar refractivity (Wildman–Crippen MR) is 109 cm³/mol. The van der Waals surface area contributed by atoms with Crippen molar-refractivity contribution in [1.82, 2.24) is 0 Å². The van der Waals surface area contributed by atoms with Crippen molar-refractivity contribution in [2.45, 2.75) is 57.8 Å². The van der Waals surface area contributed by atoms with E-state index in [2.05, 4.69) is 5.32 Å². The fourth-order valence-electron chi connectivity index (χ4n) is 3.91. The molecule has 0 aliphatic carbocycles. The highest BCUT2D eigenvalue weighted by molar-refractivity contribution is 5.72. The van der Waals surface area contributed by atoms with Gasteiger partial charge in [0.2, 0.25) is 0 Å². The molecule has 154 valence electrons. The van der Waals surface area contributed by atoms with Gasteiger partial charge in [0, 0.05) is 11.3 Å². The highest BCUT2D eigenvalue weighted by atomic mass is 16.8. The average Bonchev–Trinajstić information content (AvgIpc) is 3.03. The van der Waals surface area contributed by atoms with Gasteiger partial charge in [-0.1, -0.05) is 30.3 Å². The van der Waals surface area contributed by atoms with E-state index in [1.807, 2.05) is 62.4 Å². The SMILES string of the molecule is CCOC(=O)C[C@@H]1Nc2ccc(OCc3ccccc3)cc2[C@@H]2OC(C)(C)O[C@@H]12. The van der Waals surface area contributed by atoms with Gasteiger partial charge in [0.05, 0.1) is 19.1 Å². The number of carbonyl (C=O) groups excluding carboxylic acids is 1. The molecule has 2 aliphatic heterocycles. The fraction of sp³-hybridized carbons (Fsp3) is 0.435. The summed E-state index contributed by atoms with van der Waals surface area (Å²) >= 11 is 0. The minimum Gasteiger partial charge on any atom is -0.489 e. The van der Waals surface area contributed by atoms with E-state index in [0.29, 0.717) is 13.2 Å². The van der Waals surface area contributed by atoms with Gasteiger partial charge in [-0.2, -0.15) is 0 Å². The van der Waals surface area contributed by atoms with Gasteiger partial charge in [0.15, 0.2) is 5.79 Å². The van der Waals surface area contributed by atoms with Crippen molar-refractivity contribution in [2.75, 3.05) is 11.9 Å². The van der Waals surface area contributed by atoms with Crippen LogP contribution < -0.4 is 10.1 Å². The molecule has 0 saturated carbocycles. The number of hydrogen-bond acceptors (Lipinski definition) is 6. The molecule has 2 aromatic carbocycles. The summed E-state index contributed by atoms with van der Waals surface area (Å²) in [5.74, 6) is -0.208. The molecule has 0 amide bonds. The molecule has 2 aliphatic rings. The number of ether oxygens (including phenoxy) is 4. The second-order valence-corrected chi connectivity index (χ2v) is 7.80. The molecular weight excluding hydrogens is 370 g/mol. The van der Waals surface area contributed by atoms with Crippen LogP contribution in [-0.4, -0.2) is 30.5 Å². The normalized spacial score (nSPS) is 24.2. The third-order valence-electron chi connectivity index (χ3n) is 5.14. The molecule has 1 saturated heterocycles. The van der Waals surface area contributed by atoms with E-state index < -0.39 is 5.79 Å². The summed E-state index contributed by atoms with van der Waals surface area (Å²) in [6.45, 7) is 6.45. The summed E-state index contributed by atoms with van der Waals surface area (Å²) in [6.07, 6.45) is -0.340. The van der Waals surface area contributed by atoms with E-state index in [4.69, 9.17) is 18.9 Å². The summed E-state index contributed by atoms with van der Waals surface area (Å²) in [5, 5.41) is 3.44. The standard InChI is InChI=1S/C23H27NO5/c1-4-26-20(25)13-19-22-21(28-23(2,3)29-22)17-12-16(10-11-18(17)24-19)27-14-15-8-6-5-7-9-15/h5-12,19,21-22,24H,4,13-14H2,1-3H3/t19-,21-,22-/m0/s1. The third kappa shape index (κ3) is 4.38. The van der Waals surface area contributed by atoms with Gasteiger partial charge >= 0.3 is 5.97 Å². The van der Waals surface area contributed by atoms with Crippen molar-refractivity contribution in [3.8, 4) is 5.75 Å². The Bertz CT molecular complexity index is 867. The van der Waals surface area contributed by atoms with Crippen LogP contribution in [0.5, 0.6) is 5.75 Å². The molecule has 0 aromatic heterocycles. The minimum absolute atomic E-state index is 0.218. The van der Waals surface area contributed by atoms with E-state index in [9.17, 15) is 4.79 Å². The van der Waals surface area contributed by atoms with Crippen LogP contribution in [0.25, 0.3) is 0 Å². The quantitative estimate of drug-likeness (QED) is 0.737. The highest BCUT2D eigenvalue weighted by Crippen LogP contribution is 2.47. The summed E-state index contributed by atoms with van der Waals surface area (Å²) in [5.41, 5.74) is 3.01. The van der Waals surface area contributed by atoms with Gasteiger partial charge in [0.25, 0.3) is 0 Å². The lowest BCUT2D eigenvalue weighted by atomic mass is 9.90. The van der Waals surface area contributed by atoms with Crippen LogP contribution in [0.4, 0.5) is 5.69 Å². The van der Waals surface area contributed by atoms with Crippen LogP contribution in [-0.2, 0) is 25.6 Å². The monoisotopic (exact) mass is 397 g/mol. The van der Waals surface area contributed by atoms with Gasteiger partial charge in [-0.25, -0.2) is 0 Å². The minimum atomic E-state index is -0.730. The van der Waals surface area contributed by atoms with Crippen LogP contribution in [0.1, 0.15) is 44.4 Å². The number of rotatable bonds is 6. The Balaban J connectivity index is 1.55. The van der Waals surface area contributed by atoms with E-state index in [1.165, 1.54) is 0 Å². The smallest absolute Gasteiger partial charge is 0.307 e. The molecule has 2 heterocycles. The molecule has 0 spiro atoms. The number of benzene rings is 2. The van der Waals surface area contributed by atoms with Gasteiger partial charge in [-0.3, -0.25) is 4.79 Å². The number of fused-ring (bicyclic) bond motifs is 3. The first kappa shape index (κ1) is 19.7. The molecule has 29 heavy (non-hydrogen) atoms. The molecule has 0 unspecified atom stereocenters. The Morgan fingerprint density at radius 2 is 1.93 bits per heavy atom. The molecule has 3 atom stereocenters. The van der Waals surface area contributed by atoms with Gasteiger partial charge in [0.1, 0.15) is 24.6 Å². The molecule has 1 fully saturated rings. The van der Waals surface area contributed by atoms with Crippen LogP contribution in [0.3, 0.4) is 0 Å². The average molecular weight is 397 g/mol. The van der Waals surface area contributed by atoms with Gasteiger partial charge in [-0.05, 0) is 44.5 Å². The number of nitrogens with one attached hydrogen (secondary N) is 1. The number of esters is 1. The molecule has 4 rings (SSSR count). The topological polar surface area (TPSA) is 66.0 Å². The molecular formula is C23H27NO5. The molecule has 2 aromatic rings. The van der Waals surface area contributed by atoms with E-state index >= 15 is 0 Å². The van der Waals surface area contributed by atoms with Crippen molar-refractivity contribution in [3.63, 3.8) is 0 Å². The zero-order valence-electron chi connectivity index (χ0n) is 17.0. The van der Waals surface area contributed by atoms with Crippen molar-refractivity contribution < 1.29 is 23.7 Å². The summed E-state index contributed by atoms with van der Waals surface area (Å²) in [4.78, 5) is 12.1. The van der Waals surface area contributed by atoms with Crippen LogP contribution in [0.15, 0.2) is 48.5 Å². The number of anilines is 1. The zero-order valence-corrected chi connectivity index (χ0v) is 17.0. The van der Waals surface area contributed by atoms with E-state index in [0.717, 1.165) is 22.6 Å². The van der Waals surface area contributed by atoms with Crippen LogP contribution >= 0.6 is 0 Å². The molecule has 0 radical (unpaired) electrons. The first-order valence-electron chi connectivity index (χ1n) is 10.0. The van der Waals surface area contributed by atoms with Gasteiger partial charge in [-0.15, -0.1) is 0 Å². The Hall–Kier alpha value is -2.57. The van der Waals surface area contributed by atoms with Crippen LogP contribution in [0.2, 0.25) is 0 Å². The molecule has 6 nitrogen and oxygen atoms in total. The number of hydrogen-bond donors (Lipinski definition) is 1. The maximum absolute atomic E-state index is 12.1. The van der Waals surface area contributed by atoms with Crippen molar-refractivity contribution in [3.05, 3.63) is 59.7 Å². The maximum atomic E-state index is 12.1. The second-order valence-electron chi connectivity index (χ2n) is 7.80. The lowest BCUT2D eigenvalue weighted by Gasteiger charge is -2.34. The van der Waals surface area contributed by atoms with Crippen LogP contribution in [0, 0.1) is 0 Å². The number of carbonyl (C=O) groups is 1. The summed E-state index contributed by atoms with van der Waals surface area (Å²) in [6, 6.07) is 15.7. The molecule has 0 bridgehead atoms.